The van der Waals surface area contributed by atoms with Crippen molar-refractivity contribution in [1.82, 2.24) is 16.0 Å². The third-order valence-electron chi connectivity index (χ3n) is 5.23. The Bertz CT molecular complexity index is 775. The largest absolute Gasteiger partial charge is 0.344 e. The molecule has 0 fully saturated rings. The van der Waals surface area contributed by atoms with Crippen LogP contribution in [-0.4, -0.2) is 52.8 Å². The zero-order valence-corrected chi connectivity index (χ0v) is 20.3. The maximum absolute atomic E-state index is 12.9. The number of nitrogens with two attached hydrogens (primary N) is 1. The van der Waals surface area contributed by atoms with Gasteiger partial charge in [-0.05, 0) is 31.1 Å². The van der Waals surface area contributed by atoms with Crippen molar-refractivity contribution in [3.8, 4) is 0 Å². The first-order valence-corrected chi connectivity index (χ1v) is 12.0. The number of rotatable bonds is 12. The Balaban J connectivity index is 2.87. The second-order valence-corrected chi connectivity index (χ2v) is 9.14. The standard InChI is InChI=1S/C23H36N4O4S/c1-6-14(3)19(24)22(30)25-15(4)20(28)27-18(13-17-11-9-8-10-12-17)21(29)26-16(5)23(31)32-7-2/h8-12,14-16,18-19H,6-7,13,24H2,1-5H3,(H,25,30)(H,26,29)(H,27,28)/t14-,15-,16-,18-,19-/m0/s1. The summed E-state index contributed by atoms with van der Waals surface area (Å²) in [4.78, 5) is 50.0. The predicted molar refractivity (Wildman–Crippen MR) is 128 cm³/mol. The van der Waals surface area contributed by atoms with E-state index in [-0.39, 0.29) is 17.5 Å². The van der Waals surface area contributed by atoms with Gasteiger partial charge in [0.25, 0.3) is 0 Å². The van der Waals surface area contributed by atoms with Crippen molar-refractivity contribution in [2.24, 2.45) is 11.7 Å². The third kappa shape index (κ3) is 9.00. The van der Waals surface area contributed by atoms with Gasteiger partial charge in [-0.15, -0.1) is 0 Å². The van der Waals surface area contributed by atoms with Crippen molar-refractivity contribution in [3.05, 3.63) is 35.9 Å². The summed E-state index contributed by atoms with van der Waals surface area (Å²) >= 11 is 1.13. The molecule has 0 aliphatic carbocycles. The van der Waals surface area contributed by atoms with Crippen LogP contribution in [-0.2, 0) is 25.6 Å². The summed E-state index contributed by atoms with van der Waals surface area (Å²) in [6, 6.07) is 6.06. The molecule has 8 nitrogen and oxygen atoms in total. The molecule has 1 aromatic carbocycles. The van der Waals surface area contributed by atoms with Crippen molar-refractivity contribution < 1.29 is 19.2 Å². The number of carbonyl (C=O) groups is 4. The summed E-state index contributed by atoms with van der Waals surface area (Å²) in [6.45, 7) is 8.82. The van der Waals surface area contributed by atoms with Crippen LogP contribution in [0.3, 0.4) is 0 Å². The Morgan fingerprint density at radius 1 is 0.875 bits per heavy atom. The highest BCUT2D eigenvalue weighted by Crippen LogP contribution is 2.08. The Hall–Kier alpha value is -2.39. The molecule has 0 spiro atoms. The number of thioether (sulfide) groups is 1. The van der Waals surface area contributed by atoms with E-state index in [1.54, 1.807) is 6.92 Å². The predicted octanol–water partition coefficient (Wildman–Crippen LogP) is 1.38. The molecule has 0 heterocycles. The molecular weight excluding hydrogens is 428 g/mol. The summed E-state index contributed by atoms with van der Waals surface area (Å²) < 4.78 is 0. The molecule has 5 N–H and O–H groups in total. The molecule has 1 aromatic rings. The molecule has 5 atom stereocenters. The normalized spacial score (nSPS) is 15.6. The van der Waals surface area contributed by atoms with Gasteiger partial charge in [0.2, 0.25) is 22.8 Å². The molecule has 9 heteroatoms. The minimum atomic E-state index is -0.908. The zero-order valence-electron chi connectivity index (χ0n) is 19.5. The molecule has 3 amide bonds. The van der Waals surface area contributed by atoms with Gasteiger partial charge in [-0.2, -0.15) is 0 Å². The molecule has 0 saturated heterocycles. The van der Waals surface area contributed by atoms with Gasteiger partial charge >= 0.3 is 0 Å². The number of carbonyl (C=O) groups excluding carboxylic acids is 4. The van der Waals surface area contributed by atoms with E-state index >= 15 is 0 Å². The van der Waals surface area contributed by atoms with Crippen LogP contribution in [0.5, 0.6) is 0 Å². The van der Waals surface area contributed by atoms with Gasteiger partial charge in [-0.3, -0.25) is 19.2 Å². The summed E-state index contributed by atoms with van der Waals surface area (Å²) in [6.07, 6.45) is 0.981. The first-order chi connectivity index (χ1) is 15.1. The van der Waals surface area contributed by atoms with E-state index in [0.717, 1.165) is 23.7 Å². The van der Waals surface area contributed by atoms with Crippen LogP contribution in [0, 0.1) is 5.92 Å². The molecular formula is C23H36N4O4S. The minimum absolute atomic E-state index is 0.0260. The highest BCUT2D eigenvalue weighted by molar-refractivity contribution is 8.13. The van der Waals surface area contributed by atoms with Gasteiger partial charge < -0.3 is 21.7 Å². The van der Waals surface area contributed by atoms with Crippen molar-refractivity contribution in [2.75, 3.05) is 5.75 Å². The Labute approximate surface area is 194 Å². The lowest BCUT2D eigenvalue weighted by molar-refractivity contribution is -0.132. The minimum Gasteiger partial charge on any atom is -0.344 e. The van der Waals surface area contributed by atoms with Gasteiger partial charge in [0.15, 0.2) is 0 Å². The van der Waals surface area contributed by atoms with Crippen molar-refractivity contribution >= 4 is 34.6 Å². The lowest BCUT2D eigenvalue weighted by atomic mass is 9.99. The van der Waals surface area contributed by atoms with E-state index in [4.69, 9.17) is 5.73 Å². The SMILES string of the molecule is CCSC(=O)[C@H](C)NC(=O)[C@H](Cc1ccccc1)NC(=O)[C@H](C)NC(=O)[C@@H](N)[C@@H](C)CC. The van der Waals surface area contributed by atoms with Gasteiger partial charge in [-0.25, -0.2) is 0 Å². The van der Waals surface area contributed by atoms with E-state index in [2.05, 4.69) is 16.0 Å². The molecule has 32 heavy (non-hydrogen) atoms. The molecule has 0 saturated carbocycles. The van der Waals surface area contributed by atoms with Crippen LogP contribution in [0.4, 0.5) is 0 Å². The van der Waals surface area contributed by atoms with Gasteiger partial charge in [0, 0.05) is 6.42 Å². The van der Waals surface area contributed by atoms with E-state index in [1.807, 2.05) is 51.1 Å². The molecule has 0 unspecified atom stereocenters. The second kappa shape index (κ2) is 13.9. The molecule has 0 bridgehead atoms. The first-order valence-electron chi connectivity index (χ1n) is 11.0. The second-order valence-electron chi connectivity index (χ2n) is 7.87. The van der Waals surface area contributed by atoms with Crippen molar-refractivity contribution in [2.45, 2.75) is 71.6 Å². The van der Waals surface area contributed by atoms with E-state index in [0.29, 0.717) is 5.75 Å². The molecule has 178 valence electrons. The van der Waals surface area contributed by atoms with Crippen LogP contribution in [0.2, 0.25) is 0 Å². The monoisotopic (exact) mass is 464 g/mol. The maximum Gasteiger partial charge on any atom is 0.243 e. The van der Waals surface area contributed by atoms with Crippen LogP contribution >= 0.6 is 11.8 Å². The number of hydrogen-bond acceptors (Lipinski definition) is 6. The number of nitrogens with one attached hydrogen (secondary N) is 3. The summed E-state index contributed by atoms with van der Waals surface area (Å²) in [5, 5.41) is 7.85. The molecule has 0 aliphatic rings. The van der Waals surface area contributed by atoms with Gasteiger partial charge in [-0.1, -0.05) is 69.3 Å². The van der Waals surface area contributed by atoms with Crippen LogP contribution in [0.1, 0.15) is 46.6 Å². The highest BCUT2D eigenvalue weighted by atomic mass is 32.2. The molecule has 1 rings (SSSR count). The zero-order chi connectivity index (χ0) is 24.3. The van der Waals surface area contributed by atoms with Gasteiger partial charge in [0.05, 0.1) is 12.1 Å². The Kier molecular flexibility index (Phi) is 12.0. The van der Waals surface area contributed by atoms with Crippen LogP contribution in [0.15, 0.2) is 30.3 Å². The van der Waals surface area contributed by atoms with E-state index < -0.39 is 41.9 Å². The van der Waals surface area contributed by atoms with E-state index in [9.17, 15) is 19.2 Å². The molecule has 0 aromatic heterocycles. The number of amides is 3. The average molecular weight is 465 g/mol. The average Bonchev–Trinajstić information content (AvgIpc) is 2.77. The fourth-order valence-corrected chi connectivity index (χ4v) is 3.48. The quantitative estimate of drug-likeness (QED) is 0.370. The highest BCUT2D eigenvalue weighted by Gasteiger charge is 2.28. The summed E-state index contributed by atoms with van der Waals surface area (Å²) in [7, 11) is 0. The fraction of sp³-hybridized carbons (Fsp3) is 0.565. The lowest BCUT2D eigenvalue weighted by Crippen LogP contribution is -2.57. The molecule has 0 aliphatic heterocycles. The van der Waals surface area contributed by atoms with Gasteiger partial charge in [0.1, 0.15) is 12.1 Å². The van der Waals surface area contributed by atoms with Crippen molar-refractivity contribution in [3.63, 3.8) is 0 Å². The topological polar surface area (TPSA) is 130 Å². The lowest BCUT2D eigenvalue weighted by Gasteiger charge is -2.24. The number of hydrogen-bond donors (Lipinski definition) is 4. The Morgan fingerprint density at radius 2 is 1.47 bits per heavy atom. The Morgan fingerprint density at radius 3 is 2.03 bits per heavy atom. The molecule has 0 radical (unpaired) electrons. The maximum atomic E-state index is 12.9. The first kappa shape index (κ1) is 27.6. The number of benzene rings is 1. The van der Waals surface area contributed by atoms with Crippen LogP contribution < -0.4 is 21.7 Å². The smallest absolute Gasteiger partial charge is 0.243 e. The van der Waals surface area contributed by atoms with E-state index in [1.165, 1.54) is 6.92 Å². The van der Waals surface area contributed by atoms with Crippen molar-refractivity contribution in [1.29, 1.82) is 0 Å². The third-order valence-corrected chi connectivity index (χ3v) is 6.15. The van der Waals surface area contributed by atoms with Crippen LogP contribution in [0.25, 0.3) is 0 Å². The summed E-state index contributed by atoms with van der Waals surface area (Å²) in [5.74, 6) is -0.801. The summed E-state index contributed by atoms with van der Waals surface area (Å²) in [5.41, 5.74) is 6.79. The fourth-order valence-electron chi connectivity index (χ4n) is 2.88.